The lowest BCUT2D eigenvalue weighted by Gasteiger charge is -2.22. The molecule has 0 aliphatic heterocycles. The maximum atomic E-state index is 12.9. The van der Waals surface area contributed by atoms with Gasteiger partial charge in [0.05, 0.1) is 6.04 Å². The number of hydrogen-bond donors (Lipinski definition) is 3. The highest BCUT2D eigenvalue weighted by atomic mass is 32.2. The van der Waals surface area contributed by atoms with Crippen molar-refractivity contribution in [2.75, 3.05) is 12.8 Å². The van der Waals surface area contributed by atoms with Gasteiger partial charge in [0.25, 0.3) is 5.91 Å². The molecule has 0 bridgehead atoms. The van der Waals surface area contributed by atoms with Crippen molar-refractivity contribution in [3.63, 3.8) is 0 Å². The van der Waals surface area contributed by atoms with E-state index >= 15 is 0 Å². The Hall–Kier alpha value is -2.99. The molecular formula is C26H31N3O2S. The van der Waals surface area contributed by atoms with Gasteiger partial charge in [0.1, 0.15) is 5.69 Å². The first-order chi connectivity index (χ1) is 15.4. The highest BCUT2D eigenvalue weighted by Gasteiger charge is 2.20. The third-order valence-corrected chi connectivity index (χ3v) is 6.24. The van der Waals surface area contributed by atoms with Gasteiger partial charge in [-0.05, 0) is 50.3 Å². The van der Waals surface area contributed by atoms with Crippen LogP contribution in [0.5, 0.6) is 0 Å². The molecule has 0 saturated heterocycles. The summed E-state index contributed by atoms with van der Waals surface area (Å²) in [6.45, 7) is 6.18. The van der Waals surface area contributed by atoms with Crippen LogP contribution in [0.3, 0.4) is 0 Å². The summed E-state index contributed by atoms with van der Waals surface area (Å²) in [5.41, 5.74) is 3.55. The van der Waals surface area contributed by atoms with Gasteiger partial charge in [0.2, 0.25) is 5.91 Å². The van der Waals surface area contributed by atoms with Gasteiger partial charge in [0, 0.05) is 28.3 Å². The predicted octanol–water partition coefficient (Wildman–Crippen LogP) is 5.39. The van der Waals surface area contributed by atoms with E-state index in [0.717, 1.165) is 26.9 Å². The minimum Gasteiger partial charge on any atom is -0.350 e. The molecular weight excluding hydrogens is 418 g/mol. The zero-order valence-electron chi connectivity index (χ0n) is 19.1. The molecule has 3 aromatic rings. The lowest BCUT2D eigenvalue weighted by molar-refractivity contribution is -0.125. The molecule has 5 nitrogen and oxygen atoms in total. The van der Waals surface area contributed by atoms with E-state index in [-0.39, 0.29) is 23.8 Å². The number of fused-ring (bicyclic) bond motifs is 1. The van der Waals surface area contributed by atoms with E-state index in [1.165, 1.54) is 0 Å². The molecule has 2 atom stereocenters. The summed E-state index contributed by atoms with van der Waals surface area (Å²) in [6, 6.07) is 15.7. The van der Waals surface area contributed by atoms with Crippen LogP contribution in [0.4, 0.5) is 0 Å². The third kappa shape index (κ3) is 6.04. The Labute approximate surface area is 194 Å². The van der Waals surface area contributed by atoms with E-state index < -0.39 is 0 Å². The van der Waals surface area contributed by atoms with Crippen LogP contribution in [0, 0.1) is 12.8 Å². The first-order valence-corrected chi connectivity index (χ1v) is 12.1. The van der Waals surface area contributed by atoms with Crippen molar-refractivity contribution in [3.05, 3.63) is 77.5 Å². The number of amides is 2. The van der Waals surface area contributed by atoms with Gasteiger partial charge in [-0.2, -0.15) is 0 Å². The minimum absolute atomic E-state index is 0.0295. The summed E-state index contributed by atoms with van der Waals surface area (Å²) in [5, 5.41) is 7.09. The molecule has 0 aliphatic rings. The van der Waals surface area contributed by atoms with Crippen LogP contribution < -0.4 is 10.6 Å². The largest absolute Gasteiger partial charge is 0.350 e. The molecule has 0 fully saturated rings. The fourth-order valence-electron chi connectivity index (χ4n) is 3.46. The van der Waals surface area contributed by atoms with Crippen LogP contribution >= 0.6 is 11.8 Å². The van der Waals surface area contributed by atoms with Crippen LogP contribution in [-0.2, 0) is 4.79 Å². The molecule has 1 heterocycles. The predicted molar refractivity (Wildman–Crippen MR) is 133 cm³/mol. The van der Waals surface area contributed by atoms with E-state index in [1.807, 2.05) is 87.7 Å². The Balaban J connectivity index is 1.73. The quantitative estimate of drug-likeness (QED) is 0.303. The number of rotatable bonds is 9. The zero-order valence-corrected chi connectivity index (χ0v) is 19.9. The molecule has 0 spiro atoms. The summed E-state index contributed by atoms with van der Waals surface area (Å²) >= 11 is 1.66. The number of aromatic amines is 1. The molecule has 32 heavy (non-hydrogen) atoms. The number of benzene rings is 2. The van der Waals surface area contributed by atoms with Crippen molar-refractivity contribution >= 4 is 34.5 Å². The fourth-order valence-corrected chi connectivity index (χ4v) is 3.90. The highest BCUT2D eigenvalue weighted by Crippen LogP contribution is 2.22. The number of H-pyrrole nitrogens is 1. The van der Waals surface area contributed by atoms with Gasteiger partial charge in [-0.15, -0.1) is 11.8 Å². The Morgan fingerprint density at radius 1 is 1.12 bits per heavy atom. The topological polar surface area (TPSA) is 74.0 Å². The summed E-state index contributed by atoms with van der Waals surface area (Å²) in [4.78, 5) is 29.9. The first kappa shape index (κ1) is 23.7. The lowest BCUT2D eigenvalue weighted by Crippen LogP contribution is -2.40. The lowest BCUT2D eigenvalue weighted by atomic mass is 10.0. The number of thioether (sulfide) groups is 1. The van der Waals surface area contributed by atoms with E-state index in [9.17, 15) is 9.59 Å². The van der Waals surface area contributed by atoms with Crippen molar-refractivity contribution in [1.29, 1.82) is 0 Å². The van der Waals surface area contributed by atoms with Crippen LogP contribution in [0.1, 0.15) is 47.9 Å². The second kappa shape index (κ2) is 11.0. The van der Waals surface area contributed by atoms with Gasteiger partial charge in [0.15, 0.2) is 0 Å². The molecule has 3 N–H and O–H groups in total. The van der Waals surface area contributed by atoms with Crippen molar-refractivity contribution in [2.45, 2.75) is 38.1 Å². The smallest absolute Gasteiger partial charge is 0.267 e. The van der Waals surface area contributed by atoms with Crippen molar-refractivity contribution in [2.24, 2.45) is 5.92 Å². The van der Waals surface area contributed by atoms with Gasteiger partial charge in [-0.25, -0.2) is 0 Å². The zero-order chi connectivity index (χ0) is 23.1. The van der Waals surface area contributed by atoms with Gasteiger partial charge < -0.3 is 15.6 Å². The summed E-state index contributed by atoms with van der Waals surface area (Å²) in [5.74, 6) is -0.368. The van der Waals surface area contributed by atoms with E-state index in [1.54, 1.807) is 11.8 Å². The average Bonchev–Trinajstić information content (AvgIpc) is 3.23. The average molecular weight is 450 g/mol. The van der Waals surface area contributed by atoms with Crippen LogP contribution in [0.25, 0.3) is 10.9 Å². The molecule has 2 unspecified atom stereocenters. The van der Waals surface area contributed by atoms with Crippen LogP contribution in [-0.4, -0.2) is 29.6 Å². The normalized spacial score (nSPS) is 13.2. The van der Waals surface area contributed by atoms with Crippen molar-refractivity contribution in [1.82, 2.24) is 15.6 Å². The Kier molecular flexibility index (Phi) is 8.17. The standard InChI is InChI=1S/C26H31N3O2S/c1-5-6-7-18(3)25(30)29-24(19-10-8-17(2)9-11-19)16-27-26(31)23-14-20-12-13-21(32-4)15-22(20)28-23/h5-6,8-15,18,24,28H,7,16H2,1-4H3,(H,27,31)(H,29,30)/b6-5+. The Morgan fingerprint density at radius 2 is 1.88 bits per heavy atom. The summed E-state index contributed by atoms with van der Waals surface area (Å²) < 4.78 is 0. The third-order valence-electron chi connectivity index (χ3n) is 5.51. The Morgan fingerprint density at radius 3 is 2.56 bits per heavy atom. The molecule has 0 aliphatic carbocycles. The van der Waals surface area contributed by atoms with Crippen LogP contribution in [0.2, 0.25) is 0 Å². The van der Waals surface area contributed by atoms with Crippen LogP contribution in [0.15, 0.2) is 65.6 Å². The summed E-state index contributed by atoms with van der Waals surface area (Å²) in [7, 11) is 0. The van der Waals surface area contributed by atoms with Gasteiger partial charge in [-0.1, -0.05) is 55.0 Å². The van der Waals surface area contributed by atoms with E-state index in [0.29, 0.717) is 18.7 Å². The number of nitrogens with one attached hydrogen (secondary N) is 3. The second-order valence-corrected chi connectivity index (χ2v) is 8.90. The monoisotopic (exact) mass is 449 g/mol. The van der Waals surface area contributed by atoms with Crippen molar-refractivity contribution < 1.29 is 9.59 Å². The van der Waals surface area contributed by atoms with Crippen molar-refractivity contribution in [3.8, 4) is 0 Å². The van der Waals surface area contributed by atoms with E-state index in [4.69, 9.17) is 0 Å². The number of allylic oxidation sites excluding steroid dienone is 2. The molecule has 168 valence electrons. The molecule has 1 aromatic heterocycles. The molecule has 0 saturated carbocycles. The number of aromatic nitrogens is 1. The Bertz CT molecular complexity index is 1100. The highest BCUT2D eigenvalue weighted by molar-refractivity contribution is 7.98. The molecule has 6 heteroatoms. The number of carbonyl (C=O) groups is 2. The first-order valence-electron chi connectivity index (χ1n) is 10.8. The molecule has 2 aromatic carbocycles. The summed E-state index contributed by atoms with van der Waals surface area (Å²) in [6.07, 6.45) is 6.65. The van der Waals surface area contributed by atoms with Gasteiger partial charge >= 0.3 is 0 Å². The number of hydrogen-bond acceptors (Lipinski definition) is 3. The second-order valence-electron chi connectivity index (χ2n) is 8.02. The fraction of sp³-hybridized carbons (Fsp3) is 0.308. The minimum atomic E-state index is -0.312. The molecule has 3 rings (SSSR count). The molecule has 0 radical (unpaired) electrons. The number of carbonyl (C=O) groups excluding carboxylic acids is 2. The SMILES string of the molecule is C/C=C/CC(C)C(=O)NC(CNC(=O)c1cc2ccc(SC)cc2[nH]1)c1ccc(C)cc1. The maximum Gasteiger partial charge on any atom is 0.267 e. The van der Waals surface area contributed by atoms with E-state index in [2.05, 4.69) is 15.6 Å². The number of aryl methyl sites for hydroxylation is 1. The van der Waals surface area contributed by atoms with Gasteiger partial charge in [-0.3, -0.25) is 9.59 Å². The molecule has 2 amide bonds. The maximum absolute atomic E-state index is 12.9.